The Hall–Kier alpha value is -2.01. The molecule has 2 unspecified atom stereocenters. The number of pyridine rings is 1. The van der Waals surface area contributed by atoms with Crippen LogP contribution < -0.4 is 5.32 Å². The lowest BCUT2D eigenvalue weighted by molar-refractivity contribution is -0.135. The van der Waals surface area contributed by atoms with E-state index in [1.54, 1.807) is 12.4 Å². The lowest BCUT2D eigenvalue weighted by atomic mass is 9.77. The molecule has 5 heteroatoms. The van der Waals surface area contributed by atoms with Gasteiger partial charge in [-0.2, -0.15) is 0 Å². The van der Waals surface area contributed by atoms with Crippen molar-refractivity contribution in [3.05, 3.63) is 64.4 Å². The maximum Gasteiger partial charge on any atom is 0.234 e. The molecule has 2 aromatic rings. The molecular formula is C16H13BrN2O2. The number of amides is 2. The van der Waals surface area contributed by atoms with E-state index in [1.165, 1.54) is 0 Å². The molecular weight excluding hydrogens is 332 g/mol. The average molecular weight is 345 g/mol. The Morgan fingerprint density at radius 1 is 1.10 bits per heavy atom. The van der Waals surface area contributed by atoms with Crippen LogP contribution in [0.4, 0.5) is 0 Å². The molecule has 4 nitrogen and oxygen atoms in total. The Morgan fingerprint density at radius 3 is 2.52 bits per heavy atom. The Bertz CT molecular complexity index is 670. The van der Waals surface area contributed by atoms with Crippen molar-refractivity contribution in [1.29, 1.82) is 0 Å². The molecule has 0 spiro atoms. The second kappa shape index (κ2) is 5.77. The Kier molecular flexibility index (Phi) is 3.84. The fourth-order valence-corrected chi connectivity index (χ4v) is 2.99. The number of nitrogens with zero attached hydrogens (tertiary/aromatic N) is 1. The van der Waals surface area contributed by atoms with Crippen LogP contribution in [0.2, 0.25) is 0 Å². The van der Waals surface area contributed by atoms with Crippen LogP contribution in [0.1, 0.15) is 29.4 Å². The fraction of sp³-hybridized carbons (Fsp3) is 0.188. The summed E-state index contributed by atoms with van der Waals surface area (Å²) in [4.78, 5) is 28.1. The molecule has 1 aliphatic rings. The van der Waals surface area contributed by atoms with Crippen molar-refractivity contribution in [2.45, 2.75) is 18.3 Å². The van der Waals surface area contributed by atoms with Crippen LogP contribution in [-0.4, -0.2) is 16.8 Å². The summed E-state index contributed by atoms with van der Waals surface area (Å²) >= 11 is 3.39. The first kappa shape index (κ1) is 13.9. The van der Waals surface area contributed by atoms with Crippen molar-refractivity contribution in [3.8, 4) is 0 Å². The van der Waals surface area contributed by atoms with E-state index in [4.69, 9.17) is 0 Å². The van der Waals surface area contributed by atoms with Crippen LogP contribution in [0.25, 0.3) is 0 Å². The normalized spacial score (nSPS) is 22.0. The van der Waals surface area contributed by atoms with E-state index in [0.29, 0.717) is 0 Å². The molecule has 0 saturated carbocycles. The lowest BCUT2D eigenvalue weighted by Gasteiger charge is -2.30. The number of carbonyl (C=O) groups excluding carboxylic acids is 2. The van der Waals surface area contributed by atoms with Crippen molar-refractivity contribution in [2.75, 3.05) is 0 Å². The highest BCUT2D eigenvalue weighted by Crippen LogP contribution is 2.38. The minimum Gasteiger partial charge on any atom is -0.296 e. The smallest absolute Gasteiger partial charge is 0.234 e. The number of rotatable bonds is 2. The van der Waals surface area contributed by atoms with E-state index in [-0.39, 0.29) is 30.1 Å². The number of halogens is 1. The number of carbonyl (C=O) groups is 2. The van der Waals surface area contributed by atoms with E-state index >= 15 is 0 Å². The van der Waals surface area contributed by atoms with Crippen LogP contribution in [0.15, 0.2) is 53.3 Å². The zero-order valence-electron chi connectivity index (χ0n) is 11.1. The first-order valence-corrected chi connectivity index (χ1v) is 7.43. The average Bonchev–Trinajstić information content (AvgIpc) is 2.49. The minimum atomic E-state index is -0.375. The van der Waals surface area contributed by atoms with Gasteiger partial charge in [-0.25, -0.2) is 0 Å². The Labute approximate surface area is 130 Å². The number of benzene rings is 1. The third-order valence-corrected chi connectivity index (χ3v) is 4.22. The third kappa shape index (κ3) is 2.88. The molecule has 1 aliphatic heterocycles. The maximum absolute atomic E-state index is 12.3. The van der Waals surface area contributed by atoms with Crippen molar-refractivity contribution in [1.82, 2.24) is 10.3 Å². The van der Waals surface area contributed by atoms with Gasteiger partial charge in [-0.3, -0.25) is 19.9 Å². The summed E-state index contributed by atoms with van der Waals surface area (Å²) in [6.07, 6.45) is 3.70. The number of nitrogens with one attached hydrogen (secondary N) is 1. The molecule has 2 heterocycles. The number of hydrogen-bond donors (Lipinski definition) is 1. The van der Waals surface area contributed by atoms with Gasteiger partial charge in [0.05, 0.1) is 5.92 Å². The van der Waals surface area contributed by atoms with Crippen molar-refractivity contribution in [2.24, 2.45) is 0 Å². The van der Waals surface area contributed by atoms with Crippen molar-refractivity contribution in [3.63, 3.8) is 0 Å². The van der Waals surface area contributed by atoms with Gasteiger partial charge in [-0.1, -0.05) is 34.1 Å². The van der Waals surface area contributed by atoms with E-state index in [1.807, 2.05) is 36.4 Å². The van der Waals surface area contributed by atoms with Crippen LogP contribution in [0.5, 0.6) is 0 Å². The van der Waals surface area contributed by atoms with E-state index in [2.05, 4.69) is 26.2 Å². The molecule has 0 bridgehead atoms. The van der Waals surface area contributed by atoms with Gasteiger partial charge in [0.2, 0.25) is 11.8 Å². The number of hydrogen-bond acceptors (Lipinski definition) is 3. The monoisotopic (exact) mass is 344 g/mol. The number of aromatic nitrogens is 1. The summed E-state index contributed by atoms with van der Waals surface area (Å²) < 4.78 is 0.955. The second-order valence-electron chi connectivity index (χ2n) is 5.04. The molecule has 106 valence electrons. The van der Waals surface area contributed by atoms with Crippen LogP contribution in [0, 0.1) is 0 Å². The molecule has 1 N–H and O–H groups in total. The number of imide groups is 1. The van der Waals surface area contributed by atoms with Crippen LogP contribution in [-0.2, 0) is 9.59 Å². The minimum absolute atomic E-state index is 0.180. The van der Waals surface area contributed by atoms with Gasteiger partial charge in [-0.15, -0.1) is 0 Å². The SMILES string of the molecule is O=C1CC(c2cccnc2)C(c2ccc(Br)cc2)C(=O)N1. The van der Waals surface area contributed by atoms with E-state index < -0.39 is 0 Å². The first-order valence-electron chi connectivity index (χ1n) is 6.64. The molecule has 1 saturated heterocycles. The summed E-state index contributed by atoms with van der Waals surface area (Å²) in [6.45, 7) is 0. The molecule has 1 fully saturated rings. The molecule has 1 aromatic carbocycles. The number of piperidine rings is 1. The third-order valence-electron chi connectivity index (χ3n) is 3.69. The van der Waals surface area contributed by atoms with Crippen LogP contribution >= 0.6 is 15.9 Å². The summed E-state index contributed by atoms with van der Waals surface area (Å²) in [5, 5.41) is 2.43. The first-order chi connectivity index (χ1) is 10.1. The molecule has 2 amide bonds. The molecule has 2 atom stereocenters. The largest absolute Gasteiger partial charge is 0.296 e. The van der Waals surface area contributed by atoms with E-state index in [9.17, 15) is 9.59 Å². The Balaban J connectivity index is 2.03. The second-order valence-corrected chi connectivity index (χ2v) is 5.95. The molecule has 0 radical (unpaired) electrons. The highest BCUT2D eigenvalue weighted by molar-refractivity contribution is 9.10. The van der Waals surface area contributed by atoms with Gasteiger partial charge in [-0.05, 0) is 29.3 Å². The standard InChI is InChI=1S/C16H13BrN2O2/c17-12-5-3-10(4-6-12)15-13(8-14(20)19-16(15)21)11-2-1-7-18-9-11/h1-7,9,13,15H,8H2,(H,19,20,21). The predicted octanol–water partition coefficient (Wildman–Crippen LogP) is 2.76. The fourth-order valence-electron chi connectivity index (χ4n) is 2.73. The maximum atomic E-state index is 12.3. The zero-order chi connectivity index (χ0) is 14.8. The topological polar surface area (TPSA) is 59.1 Å². The highest BCUT2D eigenvalue weighted by atomic mass is 79.9. The summed E-state index contributed by atoms with van der Waals surface area (Å²) in [5.41, 5.74) is 1.81. The summed E-state index contributed by atoms with van der Waals surface area (Å²) in [6, 6.07) is 11.4. The molecule has 1 aromatic heterocycles. The van der Waals surface area contributed by atoms with Gasteiger partial charge in [0.15, 0.2) is 0 Å². The summed E-state index contributed by atoms with van der Waals surface area (Å²) in [7, 11) is 0. The van der Waals surface area contributed by atoms with Gasteiger partial charge in [0, 0.05) is 29.2 Å². The Morgan fingerprint density at radius 2 is 1.86 bits per heavy atom. The molecule has 21 heavy (non-hydrogen) atoms. The van der Waals surface area contributed by atoms with Gasteiger partial charge in [0.25, 0.3) is 0 Å². The summed E-state index contributed by atoms with van der Waals surface area (Å²) in [5.74, 6) is -1.04. The van der Waals surface area contributed by atoms with Crippen LogP contribution in [0.3, 0.4) is 0 Å². The van der Waals surface area contributed by atoms with Gasteiger partial charge < -0.3 is 0 Å². The van der Waals surface area contributed by atoms with Gasteiger partial charge in [0.1, 0.15) is 0 Å². The van der Waals surface area contributed by atoms with E-state index in [0.717, 1.165) is 15.6 Å². The molecule has 3 rings (SSSR count). The van der Waals surface area contributed by atoms with Crippen molar-refractivity contribution >= 4 is 27.7 Å². The quantitative estimate of drug-likeness (QED) is 0.852. The molecule has 0 aliphatic carbocycles. The lowest BCUT2D eigenvalue weighted by Crippen LogP contribution is -2.43. The predicted molar refractivity (Wildman–Crippen MR) is 81.6 cm³/mol. The van der Waals surface area contributed by atoms with Crippen molar-refractivity contribution < 1.29 is 9.59 Å². The zero-order valence-corrected chi connectivity index (χ0v) is 12.7. The highest BCUT2D eigenvalue weighted by Gasteiger charge is 2.37. The van der Waals surface area contributed by atoms with Gasteiger partial charge >= 0.3 is 0 Å².